The molecule has 0 fully saturated rings. The Morgan fingerprint density at radius 2 is 2.17 bits per heavy atom. The summed E-state index contributed by atoms with van der Waals surface area (Å²) in [4.78, 5) is 20.5. The quantitative estimate of drug-likeness (QED) is 0.652. The van der Waals surface area contributed by atoms with Crippen LogP contribution in [0.3, 0.4) is 0 Å². The van der Waals surface area contributed by atoms with Crippen LogP contribution in [0.15, 0.2) is 30.5 Å². The van der Waals surface area contributed by atoms with Gasteiger partial charge in [-0.3, -0.25) is 9.48 Å². The van der Waals surface area contributed by atoms with Crippen LogP contribution in [0.25, 0.3) is 11.0 Å². The van der Waals surface area contributed by atoms with Crippen LogP contribution in [0.2, 0.25) is 0 Å². The van der Waals surface area contributed by atoms with Crippen LogP contribution >= 0.6 is 0 Å². The number of amides is 1. The molecule has 4 N–H and O–H groups in total. The molecular weight excluding hydrogens is 306 g/mol. The van der Waals surface area contributed by atoms with Crippen molar-refractivity contribution in [2.45, 2.75) is 13.5 Å². The van der Waals surface area contributed by atoms with Gasteiger partial charge in [0.15, 0.2) is 5.65 Å². The molecule has 24 heavy (non-hydrogen) atoms. The van der Waals surface area contributed by atoms with E-state index in [2.05, 4.69) is 25.7 Å². The average Bonchev–Trinajstić information content (AvgIpc) is 2.95. The van der Waals surface area contributed by atoms with Crippen LogP contribution < -0.4 is 16.4 Å². The molecule has 1 aromatic carbocycles. The second kappa shape index (κ2) is 6.53. The summed E-state index contributed by atoms with van der Waals surface area (Å²) >= 11 is 0. The maximum Gasteiger partial charge on any atom is 0.251 e. The van der Waals surface area contributed by atoms with E-state index < -0.39 is 0 Å². The minimum Gasteiger partial charge on any atom is -0.383 e. The van der Waals surface area contributed by atoms with Gasteiger partial charge in [0.25, 0.3) is 5.91 Å². The fourth-order valence-electron chi connectivity index (χ4n) is 2.39. The molecule has 0 radical (unpaired) electrons. The van der Waals surface area contributed by atoms with Crippen molar-refractivity contribution in [3.05, 3.63) is 41.6 Å². The normalized spacial score (nSPS) is 10.8. The number of hydrogen-bond donors (Lipinski definition) is 3. The largest absolute Gasteiger partial charge is 0.383 e. The van der Waals surface area contributed by atoms with Gasteiger partial charge in [0.05, 0.1) is 11.6 Å². The number of benzene rings is 1. The molecular formula is C16H19N7O. The predicted octanol–water partition coefficient (Wildman–Crippen LogP) is 1.31. The molecule has 2 heterocycles. The molecule has 3 aromatic rings. The van der Waals surface area contributed by atoms with Gasteiger partial charge >= 0.3 is 0 Å². The lowest BCUT2D eigenvalue weighted by Crippen LogP contribution is -2.22. The highest BCUT2D eigenvalue weighted by molar-refractivity contribution is 5.94. The second-order valence-electron chi connectivity index (χ2n) is 5.35. The molecule has 3 rings (SSSR count). The minimum absolute atomic E-state index is 0.0869. The summed E-state index contributed by atoms with van der Waals surface area (Å²) in [6.07, 6.45) is 1.64. The number of hydrogen-bond acceptors (Lipinski definition) is 6. The molecule has 8 nitrogen and oxygen atoms in total. The number of aromatic nitrogens is 4. The molecule has 124 valence electrons. The van der Waals surface area contributed by atoms with Crippen molar-refractivity contribution in [2.75, 3.05) is 17.6 Å². The summed E-state index contributed by atoms with van der Waals surface area (Å²) in [6.45, 7) is 2.97. The van der Waals surface area contributed by atoms with E-state index in [0.29, 0.717) is 36.1 Å². The zero-order valence-corrected chi connectivity index (χ0v) is 13.6. The van der Waals surface area contributed by atoms with Gasteiger partial charge in [-0.2, -0.15) is 15.1 Å². The Labute approximate surface area is 139 Å². The first-order chi connectivity index (χ1) is 11.6. The third kappa shape index (κ3) is 3.12. The SMILES string of the molecule is CCNC(=O)c1cccc(CNc2nc(N)c3cnn(C)c3n2)c1. The van der Waals surface area contributed by atoms with Gasteiger partial charge in [-0.05, 0) is 24.6 Å². The second-order valence-corrected chi connectivity index (χ2v) is 5.35. The first-order valence-corrected chi connectivity index (χ1v) is 7.64. The number of fused-ring (bicyclic) bond motifs is 1. The summed E-state index contributed by atoms with van der Waals surface area (Å²) in [5.74, 6) is 0.717. The number of nitrogen functional groups attached to an aromatic ring is 1. The van der Waals surface area contributed by atoms with Crippen molar-refractivity contribution in [1.29, 1.82) is 0 Å². The fraction of sp³-hybridized carbons (Fsp3) is 0.250. The lowest BCUT2D eigenvalue weighted by atomic mass is 10.1. The fourth-order valence-corrected chi connectivity index (χ4v) is 2.39. The van der Waals surface area contributed by atoms with Crippen molar-refractivity contribution < 1.29 is 4.79 Å². The molecule has 0 aliphatic carbocycles. The molecule has 0 aliphatic rings. The molecule has 0 bridgehead atoms. The third-order valence-electron chi connectivity index (χ3n) is 3.60. The molecule has 0 saturated carbocycles. The van der Waals surface area contributed by atoms with Gasteiger partial charge in [0.2, 0.25) is 5.95 Å². The monoisotopic (exact) mass is 325 g/mol. The zero-order valence-electron chi connectivity index (χ0n) is 13.6. The highest BCUT2D eigenvalue weighted by Crippen LogP contribution is 2.18. The zero-order chi connectivity index (χ0) is 17.1. The van der Waals surface area contributed by atoms with Crippen molar-refractivity contribution in [3.63, 3.8) is 0 Å². The van der Waals surface area contributed by atoms with E-state index in [1.165, 1.54) is 0 Å². The lowest BCUT2D eigenvalue weighted by molar-refractivity contribution is 0.0955. The van der Waals surface area contributed by atoms with Crippen LogP contribution in [0.5, 0.6) is 0 Å². The Balaban J connectivity index is 1.77. The Hall–Kier alpha value is -3.16. The van der Waals surface area contributed by atoms with E-state index in [1.54, 1.807) is 24.0 Å². The number of anilines is 2. The predicted molar refractivity (Wildman–Crippen MR) is 92.5 cm³/mol. The number of aryl methyl sites for hydroxylation is 1. The lowest BCUT2D eigenvalue weighted by Gasteiger charge is -2.08. The molecule has 1 amide bonds. The maximum absolute atomic E-state index is 11.9. The average molecular weight is 325 g/mol. The third-order valence-corrected chi connectivity index (χ3v) is 3.60. The summed E-state index contributed by atoms with van der Waals surface area (Å²) in [5.41, 5.74) is 8.18. The molecule has 0 unspecified atom stereocenters. The smallest absolute Gasteiger partial charge is 0.251 e. The van der Waals surface area contributed by atoms with Crippen LogP contribution in [-0.4, -0.2) is 32.2 Å². The summed E-state index contributed by atoms with van der Waals surface area (Å²) < 4.78 is 1.65. The van der Waals surface area contributed by atoms with Crippen LogP contribution in [0, 0.1) is 0 Å². The highest BCUT2D eigenvalue weighted by atomic mass is 16.1. The van der Waals surface area contributed by atoms with Crippen molar-refractivity contribution in [1.82, 2.24) is 25.1 Å². The Morgan fingerprint density at radius 3 is 2.96 bits per heavy atom. The first kappa shape index (κ1) is 15.7. The van der Waals surface area contributed by atoms with Gasteiger partial charge in [0, 0.05) is 25.7 Å². The van der Waals surface area contributed by atoms with Gasteiger partial charge in [0.1, 0.15) is 5.82 Å². The number of nitrogens with one attached hydrogen (secondary N) is 2. The summed E-state index contributed by atoms with van der Waals surface area (Å²) in [7, 11) is 1.80. The minimum atomic E-state index is -0.0869. The van der Waals surface area contributed by atoms with Gasteiger partial charge in [-0.1, -0.05) is 12.1 Å². The van der Waals surface area contributed by atoms with E-state index in [1.807, 2.05) is 25.1 Å². The number of nitrogens with two attached hydrogens (primary N) is 1. The molecule has 2 aromatic heterocycles. The molecule has 0 atom stereocenters. The van der Waals surface area contributed by atoms with E-state index in [4.69, 9.17) is 5.73 Å². The van der Waals surface area contributed by atoms with Gasteiger partial charge < -0.3 is 16.4 Å². The van der Waals surface area contributed by atoms with E-state index in [0.717, 1.165) is 10.9 Å². The van der Waals surface area contributed by atoms with Crippen molar-refractivity contribution in [2.24, 2.45) is 7.05 Å². The number of carbonyl (C=O) groups is 1. The Bertz CT molecular complexity index is 887. The van der Waals surface area contributed by atoms with Crippen molar-refractivity contribution >= 4 is 28.7 Å². The van der Waals surface area contributed by atoms with Gasteiger partial charge in [-0.15, -0.1) is 0 Å². The van der Waals surface area contributed by atoms with E-state index in [-0.39, 0.29) is 5.91 Å². The van der Waals surface area contributed by atoms with Crippen molar-refractivity contribution in [3.8, 4) is 0 Å². The molecule has 0 aliphatic heterocycles. The standard InChI is InChI=1S/C16H19N7O/c1-3-18-15(24)11-6-4-5-10(7-11)8-19-16-21-13(17)12-9-20-23(2)14(12)22-16/h4-7,9H,3,8H2,1-2H3,(H,18,24)(H3,17,19,21,22). The van der Waals surface area contributed by atoms with E-state index >= 15 is 0 Å². The van der Waals surface area contributed by atoms with Gasteiger partial charge in [-0.25, -0.2) is 0 Å². The molecule has 8 heteroatoms. The summed E-state index contributed by atoms with van der Waals surface area (Å²) in [6, 6.07) is 7.40. The van der Waals surface area contributed by atoms with Crippen LogP contribution in [0.4, 0.5) is 11.8 Å². The number of carbonyl (C=O) groups excluding carboxylic acids is 1. The topological polar surface area (TPSA) is 111 Å². The first-order valence-electron chi connectivity index (χ1n) is 7.64. The van der Waals surface area contributed by atoms with Crippen LogP contribution in [0.1, 0.15) is 22.8 Å². The Morgan fingerprint density at radius 1 is 1.33 bits per heavy atom. The highest BCUT2D eigenvalue weighted by Gasteiger charge is 2.09. The van der Waals surface area contributed by atoms with Crippen LogP contribution in [-0.2, 0) is 13.6 Å². The summed E-state index contributed by atoms with van der Waals surface area (Å²) in [5, 5.41) is 10.8. The molecule has 0 spiro atoms. The number of rotatable bonds is 5. The molecule has 0 saturated heterocycles. The maximum atomic E-state index is 11.9. The Kier molecular flexibility index (Phi) is 4.28. The van der Waals surface area contributed by atoms with E-state index in [9.17, 15) is 4.79 Å². The number of nitrogens with zero attached hydrogens (tertiary/aromatic N) is 4.